The number of para-hydroxylation sites is 1. The van der Waals surface area contributed by atoms with E-state index in [1.807, 2.05) is 0 Å². The SMILES string of the molecule is FC(F)(F)Oc1ccccc1-c1c(Cl)cc2[nH][c]nc2c1Cl. The van der Waals surface area contributed by atoms with Crippen LogP contribution in [0.25, 0.3) is 22.2 Å². The lowest BCUT2D eigenvalue weighted by atomic mass is 10.0. The van der Waals surface area contributed by atoms with Gasteiger partial charge in [-0.1, -0.05) is 41.4 Å². The minimum Gasteiger partial charge on any atom is -0.405 e. The van der Waals surface area contributed by atoms with Crippen molar-refractivity contribution in [2.75, 3.05) is 0 Å². The van der Waals surface area contributed by atoms with Gasteiger partial charge in [0, 0.05) is 11.1 Å². The summed E-state index contributed by atoms with van der Waals surface area (Å²) in [5.74, 6) is -0.391. The molecule has 0 saturated carbocycles. The highest BCUT2D eigenvalue weighted by Gasteiger charge is 2.32. The van der Waals surface area contributed by atoms with E-state index in [2.05, 4.69) is 21.0 Å². The molecule has 0 unspecified atom stereocenters. The third-order valence-corrected chi connectivity index (χ3v) is 3.60. The summed E-state index contributed by atoms with van der Waals surface area (Å²) in [6.45, 7) is 0. The zero-order chi connectivity index (χ0) is 15.9. The van der Waals surface area contributed by atoms with E-state index in [0.29, 0.717) is 11.0 Å². The van der Waals surface area contributed by atoms with E-state index in [-0.39, 0.29) is 21.2 Å². The highest BCUT2D eigenvalue weighted by atomic mass is 35.5. The average molecular weight is 346 g/mol. The van der Waals surface area contributed by atoms with Crippen molar-refractivity contribution in [1.82, 2.24) is 9.97 Å². The minimum atomic E-state index is -4.82. The molecule has 3 nitrogen and oxygen atoms in total. The number of H-pyrrole nitrogens is 1. The van der Waals surface area contributed by atoms with Gasteiger partial charge in [-0.15, -0.1) is 13.2 Å². The molecule has 0 saturated heterocycles. The van der Waals surface area contributed by atoms with Crippen molar-refractivity contribution >= 4 is 34.2 Å². The normalized spacial score (nSPS) is 11.9. The predicted octanol–water partition coefficient (Wildman–Crippen LogP) is 5.24. The monoisotopic (exact) mass is 345 g/mol. The Morgan fingerprint density at radius 3 is 2.64 bits per heavy atom. The Kier molecular flexibility index (Phi) is 3.66. The second kappa shape index (κ2) is 5.37. The zero-order valence-electron chi connectivity index (χ0n) is 10.6. The van der Waals surface area contributed by atoms with E-state index in [1.165, 1.54) is 24.3 Å². The molecule has 0 aliphatic rings. The topological polar surface area (TPSA) is 37.9 Å². The van der Waals surface area contributed by atoms with Crippen LogP contribution in [0.2, 0.25) is 10.0 Å². The summed E-state index contributed by atoms with van der Waals surface area (Å²) >= 11 is 12.4. The van der Waals surface area contributed by atoms with Crippen molar-refractivity contribution in [3.63, 3.8) is 0 Å². The molecule has 0 spiro atoms. The van der Waals surface area contributed by atoms with E-state index in [9.17, 15) is 13.2 Å². The number of halogens is 5. The summed E-state index contributed by atoms with van der Waals surface area (Å²) in [5.41, 5.74) is 1.24. The lowest BCUT2D eigenvalue weighted by molar-refractivity contribution is -0.274. The van der Waals surface area contributed by atoms with Gasteiger partial charge in [0.1, 0.15) is 11.3 Å². The summed E-state index contributed by atoms with van der Waals surface area (Å²) in [6, 6.07) is 7.14. The Balaban J connectivity index is 2.24. The van der Waals surface area contributed by atoms with Gasteiger partial charge in [-0.05, 0) is 12.1 Å². The summed E-state index contributed by atoms with van der Waals surface area (Å²) in [6.07, 6.45) is -2.31. The van der Waals surface area contributed by atoms with Crippen molar-refractivity contribution in [1.29, 1.82) is 0 Å². The van der Waals surface area contributed by atoms with E-state index >= 15 is 0 Å². The van der Waals surface area contributed by atoms with Gasteiger partial charge in [0.25, 0.3) is 0 Å². The molecule has 1 radical (unpaired) electrons. The molecule has 22 heavy (non-hydrogen) atoms. The van der Waals surface area contributed by atoms with Crippen LogP contribution in [0.1, 0.15) is 0 Å². The summed E-state index contributed by atoms with van der Waals surface area (Å²) in [5, 5.41) is 0.298. The first-order chi connectivity index (χ1) is 10.4. The van der Waals surface area contributed by atoms with Gasteiger partial charge in [-0.3, -0.25) is 0 Å². The molecular weight excluding hydrogens is 340 g/mol. The number of hydrogen-bond acceptors (Lipinski definition) is 2. The molecule has 8 heteroatoms. The van der Waals surface area contributed by atoms with Gasteiger partial charge in [0.15, 0.2) is 6.33 Å². The van der Waals surface area contributed by atoms with Crippen molar-refractivity contribution in [2.24, 2.45) is 0 Å². The number of ether oxygens (including phenoxy) is 1. The molecule has 1 heterocycles. The van der Waals surface area contributed by atoms with Crippen LogP contribution in [0.15, 0.2) is 30.3 Å². The van der Waals surface area contributed by atoms with Crippen molar-refractivity contribution in [2.45, 2.75) is 6.36 Å². The molecule has 0 bridgehead atoms. The molecule has 3 aromatic rings. The summed E-state index contributed by atoms with van der Waals surface area (Å²) in [7, 11) is 0. The van der Waals surface area contributed by atoms with Crippen LogP contribution in [0.4, 0.5) is 13.2 Å². The lowest BCUT2D eigenvalue weighted by Gasteiger charge is -2.15. The summed E-state index contributed by atoms with van der Waals surface area (Å²) < 4.78 is 41.6. The van der Waals surface area contributed by atoms with Crippen LogP contribution in [-0.4, -0.2) is 16.3 Å². The number of imidazole rings is 1. The summed E-state index contributed by atoms with van der Waals surface area (Å²) in [4.78, 5) is 6.63. The third kappa shape index (κ3) is 2.71. The number of aromatic amines is 1. The maximum absolute atomic E-state index is 12.5. The first-order valence-electron chi connectivity index (χ1n) is 5.96. The molecule has 0 atom stereocenters. The van der Waals surface area contributed by atoms with Crippen LogP contribution < -0.4 is 4.74 Å². The number of benzene rings is 2. The first-order valence-corrected chi connectivity index (χ1v) is 6.71. The fraction of sp³-hybridized carbons (Fsp3) is 0.0714. The Morgan fingerprint density at radius 1 is 1.18 bits per heavy atom. The third-order valence-electron chi connectivity index (χ3n) is 2.93. The molecule has 1 N–H and O–H groups in total. The molecule has 0 aliphatic carbocycles. The number of fused-ring (bicyclic) bond motifs is 1. The molecule has 1 aromatic heterocycles. The molecule has 0 aliphatic heterocycles. The van der Waals surface area contributed by atoms with E-state index < -0.39 is 12.1 Å². The van der Waals surface area contributed by atoms with Gasteiger partial charge in [0.05, 0.1) is 15.6 Å². The smallest absolute Gasteiger partial charge is 0.405 e. The number of nitrogens with zero attached hydrogens (tertiary/aromatic N) is 1. The number of alkyl halides is 3. The Bertz CT molecular complexity index is 846. The fourth-order valence-electron chi connectivity index (χ4n) is 2.09. The Morgan fingerprint density at radius 2 is 1.91 bits per heavy atom. The molecule has 2 aromatic carbocycles. The van der Waals surface area contributed by atoms with Crippen molar-refractivity contribution in [3.05, 3.63) is 46.7 Å². The van der Waals surface area contributed by atoms with Crippen molar-refractivity contribution in [3.8, 4) is 16.9 Å². The van der Waals surface area contributed by atoms with E-state index in [4.69, 9.17) is 23.2 Å². The number of hydrogen-bond donors (Lipinski definition) is 1. The van der Waals surface area contributed by atoms with E-state index in [1.54, 1.807) is 6.07 Å². The van der Waals surface area contributed by atoms with Gasteiger partial charge in [0.2, 0.25) is 0 Å². The number of aromatic nitrogens is 2. The van der Waals surface area contributed by atoms with Crippen molar-refractivity contribution < 1.29 is 17.9 Å². The predicted molar refractivity (Wildman–Crippen MR) is 77.1 cm³/mol. The maximum Gasteiger partial charge on any atom is 0.573 e. The molecule has 113 valence electrons. The Hall–Kier alpha value is -1.92. The van der Waals surface area contributed by atoms with Gasteiger partial charge >= 0.3 is 6.36 Å². The first kappa shape index (κ1) is 15.0. The van der Waals surface area contributed by atoms with Crippen LogP contribution in [0.3, 0.4) is 0 Å². The number of nitrogens with one attached hydrogen (secondary N) is 1. The second-order valence-electron chi connectivity index (χ2n) is 4.34. The highest BCUT2D eigenvalue weighted by Crippen LogP contribution is 2.43. The minimum absolute atomic E-state index is 0.123. The quantitative estimate of drug-likeness (QED) is 0.690. The van der Waals surface area contributed by atoms with Gasteiger partial charge < -0.3 is 9.72 Å². The molecule has 0 fully saturated rings. The fourth-order valence-corrected chi connectivity index (χ4v) is 2.79. The van der Waals surface area contributed by atoms with Gasteiger partial charge in [-0.2, -0.15) is 0 Å². The van der Waals surface area contributed by atoms with Crippen LogP contribution in [0, 0.1) is 6.33 Å². The zero-order valence-corrected chi connectivity index (χ0v) is 12.1. The number of rotatable bonds is 2. The van der Waals surface area contributed by atoms with Crippen LogP contribution in [-0.2, 0) is 0 Å². The Labute approximate surface area is 132 Å². The molecule has 3 rings (SSSR count). The standard InChI is InChI=1S/C14H6Cl2F3N2O/c15-8-5-9-13(21-6-20-9)12(16)11(8)7-3-1-2-4-10(7)22-14(17,18)19/h1-5H,(H,20,21). The van der Waals surface area contributed by atoms with Gasteiger partial charge in [-0.25, -0.2) is 4.98 Å². The maximum atomic E-state index is 12.5. The van der Waals surface area contributed by atoms with E-state index in [0.717, 1.165) is 0 Å². The van der Waals surface area contributed by atoms with Crippen LogP contribution in [0.5, 0.6) is 5.75 Å². The second-order valence-corrected chi connectivity index (χ2v) is 5.12. The average Bonchev–Trinajstić information content (AvgIpc) is 2.87. The molecule has 0 amide bonds. The largest absolute Gasteiger partial charge is 0.573 e. The lowest BCUT2D eigenvalue weighted by Crippen LogP contribution is -2.17. The molecular formula is C14H6Cl2F3N2O. The highest BCUT2D eigenvalue weighted by molar-refractivity contribution is 6.42. The van der Waals surface area contributed by atoms with Crippen LogP contribution >= 0.6 is 23.2 Å².